The fourth-order valence-electron chi connectivity index (χ4n) is 2.52. The minimum atomic E-state index is 0.570. The molecule has 0 aliphatic heterocycles. The molecule has 1 aromatic rings. The maximum atomic E-state index is 6.29. The molecular weight excluding hydrogens is 286 g/mol. The van der Waals surface area contributed by atoms with Gasteiger partial charge in [-0.15, -0.1) is 0 Å². The summed E-state index contributed by atoms with van der Waals surface area (Å²) >= 11 is 6.29. The van der Waals surface area contributed by atoms with Crippen molar-refractivity contribution in [3.8, 4) is 11.5 Å². The molecule has 1 unspecified atom stereocenters. The van der Waals surface area contributed by atoms with Crippen molar-refractivity contribution in [1.29, 1.82) is 0 Å². The first-order valence-corrected chi connectivity index (χ1v) is 8.16. The minimum absolute atomic E-state index is 0.570. The summed E-state index contributed by atoms with van der Waals surface area (Å²) < 4.78 is 10.7. The summed E-state index contributed by atoms with van der Waals surface area (Å²) in [6.07, 6.45) is 6.07. The van der Waals surface area contributed by atoms with Gasteiger partial charge in [-0.3, -0.25) is 0 Å². The van der Waals surface area contributed by atoms with Gasteiger partial charge in [0.25, 0.3) is 0 Å². The molecular formula is C17H26ClNO2. The van der Waals surface area contributed by atoms with Crippen molar-refractivity contribution in [1.82, 2.24) is 5.32 Å². The van der Waals surface area contributed by atoms with Gasteiger partial charge in [-0.2, -0.15) is 0 Å². The van der Waals surface area contributed by atoms with Gasteiger partial charge in [-0.05, 0) is 56.2 Å². The van der Waals surface area contributed by atoms with Crippen LogP contribution in [-0.2, 0) is 6.42 Å². The van der Waals surface area contributed by atoms with E-state index in [9.17, 15) is 0 Å². The van der Waals surface area contributed by atoms with Gasteiger partial charge in [0.1, 0.15) is 16.5 Å². The second-order valence-electron chi connectivity index (χ2n) is 5.94. The van der Waals surface area contributed by atoms with E-state index in [0.29, 0.717) is 16.7 Å². The van der Waals surface area contributed by atoms with Crippen molar-refractivity contribution in [3.63, 3.8) is 0 Å². The van der Waals surface area contributed by atoms with Gasteiger partial charge in [-0.1, -0.05) is 24.6 Å². The van der Waals surface area contributed by atoms with E-state index >= 15 is 0 Å². The van der Waals surface area contributed by atoms with E-state index in [1.54, 1.807) is 14.2 Å². The molecule has 4 heteroatoms. The average molecular weight is 312 g/mol. The third-order valence-electron chi connectivity index (χ3n) is 4.12. The summed E-state index contributed by atoms with van der Waals surface area (Å²) in [5.74, 6) is 2.11. The highest BCUT2D eigenvalue weighted by molar-refractivity contribution is 6.33. The third kappa shape index (κ3) is 4.79. The monoisotopic (exact) mass is 311 g/mol. The van der Waals surface area contributed by atoms with E-state index in [0.717, 1.165) is 36.7 Å². The Morgan fingerprint density at radius 2 is 2.00 bits per heavy atom. The Morgan fingerprint density at radius 3 is 2.62 bits per heavy atom. The maximum Gasteiger partial charge on any atom is 0.144 e. The van der Waals surface area contributed by atoms with Crippen LogP contribution < -0.4 is 14.8 Å². The predicted octanol–water partition coefficient (Wildman–Crippen LogP) is 4.07. The van der Waals surface area contributed by atoms with Crippen LogP contribution in [0.5, 0.6) is 11.5 Å². The molecule has 3 nitrogen and oxygen atoms in total. The Morgan fingerprint density at radius 1 is 1.24 bits per heavy atom. The Labute approximate surface area is 133 Å². The summed E-state index contributed by atoms with van der Waals surface area (Å²) in [5.41, 5.74) is 1.16. The Hall–Kier alpha value is -0.930. The van der Waals surface area contributed by atoms with Crippen molar-refractivity contribution in [3.05, 3.63) is 22.7 Å². The van der Waals surface area contributed by atoms with Crippen LogP contribution in [0, 0.1) is 5.92 Å². The lowest BCUT2D eigenvalue weighted by Crippen LogP contribution is -2.19. The van der Waals surface area contributed by atoms with E-state index in [1.807, 2.05) is 6.07 Å². The van der Waals surface area contributed by atoms with Crippen LogP contribution in [0.4, 0.5) is 0 Å². The Bertz CT molecular complexity index is 460. The summed E-state index contributed by atoms with van der Waals surface area (Å²) in [4.78, 5) is 0. The van der Waals surface area contributed by atoms with Crippen molar-refractivity contribution in [2.45, 2.75) is 45.1 Å². The summed E-state index contributed by atoms with van der Waals surface area (Å²) in [6, 6.07) is 4.77. The number of hydrogen-bond donors (Lipinski definition) is 1. The zero-order valence-electron chi connectivity index (χ0n) is 13.2. The van der Waals surface area contributed by atoms with Crippen molar-refractivity contribution >= 4 is 11.6 Å². The summed E-state index contributed by atoms with van der Waals surface area (Å²) in [7, 11) is 3.28. The predicted molar refractivity (Wildman–Crippen MR) is 87.7 cm³/mol. The number of methoxy groups -OCH3 is 2. The molecule has 1 aliphatic rings. The average Bonchev–Trinajstić information content (AvgIpc) is 3.29. The van der Waals surface area contributed by atoms with Crippen LogP contribution in [0.2, 0.25) is 5.02 Å². The van der Waals surface area contributed by atoms with Crippen LogP contribution in [0.3, 0.4) is 0 Å². The van der Waals surface area contributed by atoms with Crippen LogP contribution in [0.25, 0.3) is 0 Å². The molecule has 0 bridgehead atoms. The normalized spacial score (nSPS) is 15.8. The lowest BCUT2D eigenvalue weighted by molar-refractivity contribution is 0.389. The first kappa shape index (κ1) is 16.4. The van der Waals surface area contributed by atoms with E-state index in [2.05, 4.69) is 18.3 Å². The highest BCUT2D eigenvalue weighted by atomic mass is 35.5. The molecule has 2 rings (SSSR count). The fraction of sp³-hybridized carbons (Fsp3) is 0.647. The Kier molecular flexibility index (Phi) is 6.19. The van der Waals surface area contributed by atoms with Gasteiger partial charge < -0.3 is 14.8 Å². The van der Waals surface area contributed by atoms with E-state index < -0.39 is 0 Å². The van der Waals surface area contributed by atoms with Crippen LogP contribution >= 0.6 is 11.6 Å². The van der Waals surface area contributed by atoms with Crippen LogP contribution in [-0.4, -0.2) is 26.8 Å². The first-order valence-electron chi connectivity index (χ1n) is 7.78. The molecule has 1 aliphatic carbocycles. The van der Waals surface area contributed by atoms with Crippen molar-refractivity contribution < 1.29 is 9.47 Å². The molecule has 1 atom stereocenters. The summed E-state index contributed by atoms with van der Waals surface area (Å²) in [5, 5.41) is 4.14. The maximum absolute atomic E-state index is 6.29. The Balaban J connectivity index is 1.84. The highest BCUT2D eigenvalue weighted by Gasteiger charge is 2.20. The van der Waals surface area contributed by atoms with Gasteiger partial charge in [0.2, 0.25) is 0 Å². The topological polar surface area (TPSA) is 30.5 Å². The molecule has 1 N–H and O–H groups in total. The van der Waals surface area contributed by atoms with E-state index in [-0.39, 0.29) is 0 Å². The number of halogens is 1. The van der Waals surface area contributed by atoms with Crippen LogP contribution in [0.1, 0.15) is 38.2 Å². The smallest absolute Gasteiger partial charge is 0.144 e. The number of rotatable bonds is 9. The number of nitrogens with one attached hydrogen (secondary N) is 1. The fourth-order valence-corrected chi connectivity index (χ4v) is 2.86. The van der Waals surface area contributed by atoms with Gasteiger partial charge in [0.15, 0.2) is 0 Å². The molecule has 118 valence electrons. The lowest BCUT2D eigenvalue weighted by Gasteiger charge is -2.15. The van der Waals surface area contributed by atoms with Gasteiger partial charge in [0, 0.05) is 6.04 Å². The zero-order valence-corrected chi connectivity index (χ0v) is 14.0. The molecule has 0 saturated heterocycles. The molecule has 0 aromatic heterocycles. The summed E-state index contributed by atoms with van der Waals surface area (Å²) in [6.45, 7) is 3.44. The molecule has 0 heterocycles. The molecule has 0 amide bonds. The van der Waals surface area contributed by atoms with Gasteiger partial charge >= 0.3 is 0 Å². The second kappa shape index (κ2) is 7.90. The number of hydrogen-bond acceptors (Lipinski definition) is 3. The first-order chi connectivity index (χ1) is 10.2. The van der Waals surface area contributed by atoms with E-state index in [4.69, 9.17) is 21.1 Å². The molecule has 1 fully saturated rings. The minimum Gasteiger partial charge on any atom is -0.495 e. The number of benzene rings is 1. The lowest BCUT2D eigenvalue weighted by atomic mass is 9.97. The molecule has 0 radical (unpaired) electrons. The molecule has 21 heavy (non-hydrogen) atoms. The highest BCUT2D eigenvalue weighted by Crippen LogP contribution is 2.37. The van der Waals surface area contributed by atoms with Crippen molar-refractivity contribution in [2.75, 3.05) is 20.8 Å². The second-order valence-corrected chi connectivity index (χ2v) is 6.31. The van der Waals surface area contributed by atoms with Crippen molar-refractivity contribution in [2.24, 2.45) is 5.92 Å². The van der Waals surface area contributed by atoms with Gasteiger partial charge in [0.05, 0.1) is 14.2 Å². The number of ether oxygens (including phenoxy) is 2. The number of aryl methyl sites for hydroxylation is 1. The standard InChI is InChI=1S/C17H26ClNO2/c1-12(10-11-19-14-7-8-14)4-5-13-6-9-15(20-2)16(18)17(13)21-3/h6,9,12,14,19H,4-5,7-8,10-11H2,1-3H3. The molecule has 1 aromatic carbocycles. The zero-order chi connectivity index (χ0) is 15.2. The van der Waals surface area contributed by atoms with E-state index in [1.165, 1.54) is 19.3 Å². The van der Waals surface area contributed by atoms with Crippen LogP contribution in [0.15, 0.2) is 12.1 Å². The molecule has 0 spiro atoms. The third-order valence-corrected chi connectivity index (χ3v) is 4.48. The van der Waals surface area contributed by atoms with Gasteiger partial charge in [-0.25, -0.2) is 0 Å². The quantitative estimate of drug-likeness (QED) is 0.746. The SMILES string of the molecule is COc1ccc(CCC(C)CCNC2CC2)c(OC)c1Cl. The largest absolute Gasteiger partial charge is 0.495 e. The molecule has 1 saturated carbocycles.